The number of carbonyl (C=O) groups is 1. The van der Waals surface area contributed by atoms with Crippen molar-refractivity contribution in [1.29, 1.82) is 0 Å². The van der Waals surface area contributed by atoms with Crippen LogP contribution in [0.4, 0.5) is 4.39 Å². The molecule has 0 spiro atoms. The molecule has 0 aliphatic rings. The summed E-state index contributed by atoms with van der Waals surface area (Å²) in [5.41, 5.74) is 2.49. The van der Waals surface area contributed by atoms with Gasteiger partial charge in [0.25, 0.3) is 5.91 Å². The van der Waals surface area contributed by atoms with Gasteiger partial charge in [0.15, 0.2) is 0 Å². The van der Waals surface area contributed by atoms with Crippen molar-refractivity contribution < 1.29 is 9.18 Å². The molecule has 25 heavy (non-hydrogen) atoms. The Morgan fingerprint density at radius 3 is 1.88 bits per heavy atom. The highest BCUT2D eigenvalue weighted by atomic mass is 19.1. The summed E-state index contributed by atoms with van der Waals surface area (Å²) in [6.45, 7) is 0.474. The van der Waals surface area contributed by atoms with Crippen molar-refractivity contribution in [1.82, 2.24) is 5.32 Å². The standard InChI is InChI=1S/C22H20FNO/c23-21-14-8-7-13-20(21)22(25)24-16-15-19(17-9-3-1-4-10-17)18-11-5-2-6-12-18/h1-14,19H,15-16H2,(H,24,25). The second kappa shape index (κ2) is 8.25. The number of halogens is 1. The van der Waals surface area contributed by atoms with E-state index in [1.165, 1.54) is 23.3 Å². The molecule has 0 aromatic heterocycles. The molecule has 1 N–H and O–H groups in total. The number of rotatable bonds is 6. The first-order valence-corrected chi connectivity index (χ1v) is 8.38. The fourth-order valence-electron chi connectivity index (χ4n) is 2.97. The first-order valence-electron chi connectivity index (χ1n) is 8.38. The molecule has 0 heterocycles. The van der Waals surface area contributed by atoms with E-state index in [0.29, 0.717) is 6.54 Å². The lowest BCUT2D eigenvalue weighted by molar-refractivity contribution is 0.0949. The minimum Gasteiger partial charge on any atom is -0.352 e. The molecule has 3 heteroatoms. The van der Waals surface area contributed by atoms with Crippen molar-refractivity contribution >= 4 is 5.91 Å². The fraction of sp³-hybridized carbons (Fsp3) is 0.136. The minimum absolute atomic E-state index is 0.0819. The average molecular weight is 333 g/mol. The predicted octanol–water partition coefficient (Wildman–Crippen LogP) is 4.78. The molecule has 1 amide bonds. The van der Waals surface area contributed by atoms with E-state index in [-0.39, 0.29) is 17.4 Å². The molecule has 0 saturated carbocycles. The summed E-state index contributed by atoms with van der Waals surface area (Å²) in [6.07, 6.45) is 0.744. The number of nitrogens with one attached hydrogen (secondary N) is 1. The van der Waals surface area contributed by atoms with Gasteiger partial charge in [0.1, 0.15) is 5.82 Å². The molecular formula is C22H20FNO. The van der Waals surface area contributed by atoms with Crippen molar-refractivity contribution in [2.45, 2.75) is 12.3 Å². The van der Waals surface area contributed by atoms with Gasteiger partial charge in [-0.15, -0.1) is 0 Å². The van der Waals surface area contributed by atoms with E-state index < -0.39 is 5.82 Å². The second-order valence-corrected chi connectivity index (χ2v) is 5.90. The number of carbonyl (C=O) groups excluding carboxylic acids is 1. The van der Waals surface area contributed by atoms with Crippen LogP contribution >= 0.6 is 0 Å². The van der Waals surface area contributed by atoms with Gasteiger partial charge in [-0.3, -0.25) is 4.79 Å². The van der Waals surface area contributed by atoms with Gasteiger partial charge in [0.2, 0.25) is 0 Å². The molecule has 3 aromatic carbocycles. The van der Waals surface area contributed by atoms with E-state index in [9.17, 15) is 9.18 Å². The van der Waals surface area contributed by atoms with E-state index in [1.807, 2.05) is 36.4 Å². The highest BCUT2D eigenvalue weighted by Gasteiger charge is 2.15. The maximum absolute atomic E-state index is 13.7. The van der Waals surface area contributed by atoms with Crippen LogP contribution in [0.25, 0.3) is 0 Å². The number of amides is 1. The molecule has 0 aliphatic carbocycles. The summed E-state index contributed by atoms with van der Waals surface area (Å²) < 4.78 is 13.7. The Balaban J connectivity index is 1.70. The van der Waals surface area contributed by atoms with Gasteiger partial charge in [0.05, 0.1) is 5.56 Å². The van der Waals surface area contributed by atoms with Crippen molar-refractivity contribution in [3.63, 3.8) is 0 Å². The molecular weight excluding hydrogens is 313 g/mol. The summed E-state index contributed by atoms with van der Waals surface area (Å²) in [5.74, 6) is -0.691. The highest BCUT2D eigenvalue weighted by molar-refractivity contribution is 5.94. The Labute approximate surface area is 147 Å². The summed E-state index contributed by atoms with van der Waals surface area (Å²) in [4.78, 5) is 12.2. The van der Waals surface area contributed by atoms with E-state index in [1.54, 1.807) is 12.1 Å². The highest BCUT2D eigenvalue weighted by Crippen LogP contribution is 2.27. The Kier molecular flexibility index (Phi) is 5.57. The topological polar surface area (TPSA) is 29.1 Å². The Hall–Kier alpha value is -2.94. The molecule has 0 saturated heterocycles. The van der Waals surface area contributed by atoms with Gasteiger partial charge in [-0.25, -0.2) is 4.39 Å². The van der Waals surface area contributed by atoms with Gasteiger partial charge in [0, 0.05) is 12.5 Å². The van der Waals surface area contributed by atoms with Gasteiger partial charge < -0.3 is 5.32 Å². The zero-order chi connectivity index (χ0) is 17.5. The maximum Gasteiger partial charge on any atom is 0.254 e. The van der Waals surface area contributed by atoms with Gasteiger partial charge >= 0.3 is 0 Å². The summed E-state index contributed by atoms with van der Waals surface area (Å²) in [5, 5.41) is 2.83. The Morgan fingerprint density at radius 1 is 0.800 bits per heavy atom. The third-order valence-electron chi connectivity index (χ3n) is 4.24. The fourth-order valence-corrected chi connectivity index (χ4v) is 2.97. The molecule has 126 valence electrons. The van der Waals surface area contributed by atoms with Crippen LogP contribution in [-0.2, 0) is 0 Å². The lowest BCUT2D eigenvalue weighted by Crippen LogP contribution is -2.26. The number of benzene rings is 3. The van der Waals surface area contributed by atoms with Crippen molar-refractivity contribution in [2.75, 3.05) is 6.54 Å². The lowest BCUT2D eigenvalue weighted by atomic mass is 9.88. The first-order chi connectivity index (χ1) is 12.3. The van der Waals surface area contributed by atoms with Crippen LogP contribution in [0.3, 0.4) is 0 Å². The molecule has 0 bridgehead atoms. The summed E-state index contributed by atoms with van der Waals surface area (Å²) in [6, 6.07) is 26.5. The normalized spacial score (nSPS) is 10.6. The average Bonchev–Trinajstić information content (AvgIpc) is 2.67. The van der Waals surface area contributed by atoms with Crippen LogP contribution < -0.4 is 5.32 Å². The van der Waals surface area contributed by atoms with Crippen LogP contribution in [0.1, 0.15) is 33.8 Å². The predicted molar refractivity (Wildman–Crippen MR) is 98.1 cm³/mol. The molecule has 0 radical (unpaired) electrons. The third-order valence-corrected chi connectivity index (χ3v) is 4.24. The SMILES string of the molecule is O=C(NCCC(c1ccccc1)c1ccccc1)c1ccccc1F. The lowest BCUT2D eigenvalue weighted by Gasteiger charge is -2.18. The Morgan fingerprint density at radius 2 is 1.32 bits per heavy atom. The molecule has 3 rings (SSSR count). The van der Waals surface area contributed by atoms with Crippen molar-refractivity contribution in [3.05, 3.63) is 107 Å². The van der Waals surface area contributed by atoms with Crippen LogP contribution in [0, 0.1) is 5.82 Å². The number of hydrogen-bond acceptors (Lipinski definition) is 1. The smallest absolute Gasteiger partial charge is 0.254 e. The van der Waals surface area contributed by atoms with E-state index >= 15 is 0 Å². The van der Waals surface area contributed by atoms with Crippen molar-refractivity contribution in [3.8, 4) is 0 Å². The zero-order valence-corrected chi connectivity index (χ0v) is 13.9. The van der Waals surface area contributed by atoms with Gasteiger partial charge in [-0.2, -0.15) is 0 Å². The van der Waals surface area contributed by atoms with Crippen LogP contribution in [0.2, 0.25) is 0 Å². The molecule has 3 aromatic rings. The first kappa shape index (κ1) is 16.9. The van der Waals surface area contributed by atoms with Gasteiger partial charge in [-0.1, -0.05) is 72.8 Å². The summed E-state index contributed by atoms with van der Waals surface area (Å²) in [7, 11) is 0. The van der Waals surface area contributed by atoms with Crippen molar-refractivity contribution in [2.24, 2.45) is 0 Å². The van der Waals surface area contributed by atoms with Crippen LogP contribution in [0.5, 0.6) is 0 Å². The van der Waals surface area contributed by atoms with Gasteiger partial charge in [-0.05, 0) is 29.7 Å². The maximum atomic E-state index is 13.7. The second-order valence-electron chi connectivity index (χ2n) is 5.90. The largest absolute Gasteiger partial charge is 0.352 e. The Bertz CT molecular complexity index is 778. The minimum atomic E-state index is -0.498. The molecule has 0 atom stereocenters. The third kappa shape index (κ3) is 4.32. The molecule has 0 fully saturated rings. The van der Waals surface area contributed by atoms with Crippen LogP contribution in [0.15, 0.2) is 84.9 Å². The van der Waals surface area contributed by atoms with E-state index in [4.69, 9.17) is 0 Å². The number of hydrogen-bond donors (Lipinski definition) is 1. The quantitative estimate of drug-likeness (QED) is 0.691. The van der Waals surface area contributed by atoms with Crippen LogP contribution in [-0.4, -0.2) is 12.5 Å². The van der Waals surface area contributed by atoms with E-state index in [2.05, 4.69) is 29.6 Å². The molecule has 2 nitrogen and oxygen atoms in total. The molecule has 0 aliphatic heterocycles. The van der Waals surface area contributed by atoms with E-state index in [0.717, 1.165) is 6.42 Å². The molecule has 0 unspecified atom stereocenters. The summed E-state index contributed by atoms with van der Waals surface area (Å²) >= 11 is 0. The zero-order valence-electron chi connectivity index (χ0n) is 13.9. The monoisotopic (exact) mass is 333 g/mol.